The van der Waals surface area contributed by atoms with Gasteiger partial charge >= 0.3 is 0 Å². The van der Waals surface area contributed by atoms with Gasteiger partial charge in [-0.15, -0.1) is 0 Å². The van der Waals surface area contributed by atoms with Crippen molar-refractivity contribution in [2.24, 2.45) is 4.99 Å². The summed E-state index contributed by atoms with van der Waals surface area (Å²) < 4.78 is 0. The normalized spacial score (nSPS) is 26.3. The average Bonchev–Trinajstić information content (AvgIpc) is 1.32. The molecular formula is C3H4NO2. The molecule has 1 aliphatic heterocycles. The molecule has 1 rings (SSSR count). The lowest BCUT2D eigenvalue weighted by Gasteiger charge is -2.18. The van der Waals surface area contributed by atoms with E-state index in [1.807, 2.05) is 6.21 Å². The van der Waals surface area contributed by atoms with Gasteiger partial charge < -0.3 is 10.2 Å². The van der Waals surface area contributed by atoms with E-state index in [9.17, 15) is 0 Å². The first-order valence-electron chi connectivity index (χ1n) is 1.59. The lowest BCUT2D eigenvalue weighted by Crippen LogP contribution is -2.40. The highest BCUT2D eigenvalue weighted by molar-refractivity contribution is 5.71. The second-order valence-corrected chi connectivity index (χ2v) is 1.24. The lowest BCUT2D eigenvalue weighted by atomic mass is 10.2. The Morgan fingerprint density at radius 1 is 1.67 bits per heavy atom. The summed E-state index contributed by atoms with van der Waals surface area (Å²) >= 11 is 0. The minimum atomic E-state index is -1.69. The monoisotopic (exact) mass is 86.0 g/mol. The van der Waals surface area contributed by atoms with Crippen molar-refractivity contribution in [2.45, 2.75) is 5.79 Å². The molecule has 1 aliphatic rings. The van der Waals surface area contributed by atoms with Crippen LogP contribution in [0.4, 0.5) is 0 Å². The van der Waals surface area contributed by atoms with E-state index in [2.05, 4.69) is 4.99 Å². The van der Waals surface area contributed by atoms with Crippen LogP contribution in [0, 0.1) is 0 Å². The summed E-state index contributed by atoms with van der Waals surface area (Å²) in [7, 11) is 0. The Bertz CT molecular complexity index is 86.8. The van der Waals surface area contributed by atoms with Crippen LogP contribution < -0.4 is 0 Å². The molecule has 6 heavy (non-hydrogen) atoms. The zero-order valence-corrected chi connectivity index (χ0v) is 3.05. The number of hydrogen-bond acceptors (Lipinski definition) is 3. The summed E-state index contributed by atoms with van der Waals surface area (Å²) in [4.78, 5) is 3.32. The number of aliphatic hydroxyl groups is 2. The minimum absolute atomic E-state index is 0.0764. The summed E-state index contributed by atoms with van der Waals surface area (Å²) in [6.45, 7) is 0.0764. The van der Waals surface area contributed by atoms with Crippen molar-refractivity contribution in [1.82, 2.24) is 0 Å². The zero-order valence-electron chi connectivity index (χ0n) is 3.05. The van der Waals surface area contributed by atoms with E-state index in [1.54, 1.807) is 0 Å². The third-order valence-electron chi connectivity index (χ3n) is 0.558. The molecule has 0 saturated carbocycles. The molecule has 0 atom stereocenters. The number of rotatable bonds is 0. The van der Waals surface area contributed by atoms with Gasteiger partial charge in [0, 0.05) is 0 Å². The molecule has 3 heteroatoms. The summed E-state index contributed by atoms with van der Waals surface area (Å²) in [6, 6.07) is 0. The maximum atomic E-state index is 8.26. The number of aliphatic imine (C=N–C) groups is 1. The van der Waals surface area contributed by atoms with E-state index in [-0.39, 0.29) is 6.54 Å². The van der Waals surface area contributed by atoms with E-state index in [0.29, 0.717) is 0 Å². The fourth-order valence-electron chi connectivity index (χ4n) is 0.220. The Morgan fingerprint density at radius 2 is 2.00 bits per heavy atom. The predicted molar refractivity (Wildman–Crippen MR) is 19.5 cm³/mol. The van der Waals surface area contributed by atoms with Gasteiger partial charge in [-0.2, -0.15) is 0 Å². The van der Waals surface area contributed by atoms with Gasteiger partial charge in [-0.25, -0.2) is 0 Å². The Balaban J connectivity index is 2.57. The van der Waals surface area contributed by atoms with Crippen LogP contribution in [0.1, 0.15) is 0 Å². The van der Waals surface area contributed by atoms with E-state index in [0.717, 1.165) is 0 Å². The molecule has 2 N–H and O–H groups in total. The van der Waals surface area contributed by atoms with E-state index < -0.39 is 5.79 Å². The van der Waals surface area contributed by atoms with Crippen molar-refractivity contribution >= 4 is 6.21 Å². The Kier molecular flexibility index (Phi) is 0.504. The smallest absolute Gasteiger partial charge is 0.229 e. The molecule has 0 aliphatic carbocycles. The largest absolute Gasteiger partial charge is 0.359 e. The van der Waals surface area contributed by atoms with Gasteiger partial charge in [-0.3, -0.25) is 4.99 Å². The first kappa shape index (κ1) is 3.77. The first-order valence-corrected chi connectivity index (χ1v) is 1.59. The molecule has 0 aromatic carbocycles. The van der Waals surface area contributed by atoms with Crippen LogP contribution in [-0.2, 0) is 0 Å². The Hall–Kier alpha value is -0.410. The molecule has 0 bridgehead atoms. The minimum Gasteiger partial charge on any atom is -0.359 e. The molecule has 0 amide bonds. The second kappa shape index (κ2) is 0.802. The molecule has 0 aromatic heterocycles. The van der Waals surface area contributed by atoms with Crippen molar-refractivity contribution in [1.29, 1.82) is 0 Å². The standard InChI is InChI=1S/C3H4NO2/c5-3(6)1-4-2-3/h5-6H,1H2. The number of nitrogens with zero attached hydrogens (tertiary/aromatic N) is 1. The molecule has 0 saturated heterocycles. The van der Waals surface area contributed by atoms with Gasteiger partial charge in [0.1, 0.15) is 6.21 Å². The van der Waals surface area contributed by atoms with Crippen LogP contribution in [0.25, 0.3) is 0 Å². The fraction of sp³-hybridized carbons (Fsp3) is 0.667. The van der Waals surface area contributed by atoms with Crippen molar-refractivity contribution in [3.05, 3.63) is 0 Å². The zero-order chi connectivity index (χ0) is 4.62. The molecule has 1 radical (unpaired) electrons. The predicted octanol–water partition coefficient (Wildman–Crippen LogP) is -1.37. The summed E-state index contributed by atoms with van der Waals surface area (Å²) in [5.41, 5.74) is 0. The topological polar surface area (TPSA) is 52.8 Å². The van der Waals surface area contributed by atoms with Gasteiger partial charge in [0.2, 0.25) is 5.79 Å². The third kappa shape index (κ3) is 0.418. The second-order valence-electron chi connectivity index (χ2n) is 1.24. The fourth-order valence-corrected chi connectivity index (χ4v) is 0.220. The van der Waals surface area contributed by atoms with Gasteiger partial charge in [0.05, 0.1) is 6.54 Å². The molecule has 1 heterocycles. The molecule has 0 spiro atoms. The first-order chi connectivity index (χ1) is 2.71. The Morgan fingerprint density at radius 3 is 2.00 bits per heavy atom. The van der Waals surface area contributed by atoms with Crippen LogP contribution in [0.2, 0.25) is 0 Å². The van der Waals surface area contributed by atoms with Crippen LogP contribution in [0.15, 0.2) is 4.99 Å². The van der Waals surface area contributed by atoms with E-state index in [1.165, 1.54) is 0 Å². The van der Waals surface area contributed by atoms with Crippen LogP contribution in [0.5, 0.6) is 0 Å². The maximum Gasteiger partial charge on any atom is 0.229 e. The number of hydrogen-bond donors (Lipinski definition) is 2. The van der Waals surface area contributed by atoms with Crippen LogP contribution >= 0.6 is 0 Å². The van der Waals surface area contributed by atoms with Crippen molar-refractivity contribution in [2.75, 3.05) is 6.54 Å². The third-order valence-corrected chi connectivity index (χ3v) is 0.558. The van der Waals surface area contributed by atoms with Crippen molar-refractivity contribution in [3.63, 3.8) is 0 Å². The summed E-state index contributed by atoms with van der Waals surface area (Å²) in [6.07, 6.45) is 2.02. The molecule has 33 valence electrons. The van der Waals surface area contributed by atoms with Crippen LogP contribution in [0.3, 0.4) is 0 Å². The molecular weight excluding hydrogens is 82.0 g/mol. The van der Waals surface area contributed by atoms with Gasteiger partial charge in [-0.05, 0) is 0 Å². The lowest BCUT2D eigenvalue weighted by molar-refractivity contribution is -0.0974. The molecule has 0 fully saturated rings. The van der Waals surface area contributed by atoms with Crippen molar-refractivity contribution in [3.8, 4) is 0 Å². The van der Waals surface area contributed by atoms with Gasteiger partial charge in [-0.1, -0.05) is 0 Å². The van der Waals surface area contributed by atoms with Crippen molar-refractivity contribution < 1.29 is 10.2 Å². The quantitative estimate of drug-likeness (QED) is 0.357. The molecule has 3 nitrogen and oxygen atoms in total. The van der Waals surface area contributed by atoms with Crippen LogP contribution in [-0.4, -0.2) is 28.8 Å². The van der Waals surface area contributed by atoms with Gasteiger partial charge in [0.25, 0.3) is 0 Å². The summed E-state index contributed by atoms with van der Waals surface area (Å²) in [5, 5.41) is 16.5. The highest BCUT2D eigenvalue weighted by Gasteiger charge is 2.26. The molecule has 0 unspecified atom stereocenters. The SMILES string of the molecule is OC1(O)[C]=NC1. The van der Waals surface area contributed by atoms with E-state index in [4.69, 9.17) is 10.2 Å². The Labute approximate surface area is 34.9 Å². The van der Waals surface area contributed by atoms with E-state index >= 15 is 0 Å². The maximum absolute atomic E-state index is 8.26. The highest BCUT2D eigenvalue weighted by atomic mass is 16.5. The summed E-state index contributed by atoms with van der Waals surface area (Å²) in [5.74, 6) is -1.69. The van der Waals surface area contributed by atoms with Gasteiger partial charge in [0.15, 0.2) is 0 Å². The average molecular weight is 86.1 g/mol. The molecule has 0 aromatic rings. The highest BCUT2D eigenvalue weighted by Crippen LogP contribution is 2.03.